The van der Waals surface area contributed by atoms with Crippen LogP contribution >= 0.6 is 0 Å². The Kier molecular flexibility index (Phi) is 4.83. The van der Waals surface area contributed by atoms with E-state index in [1.165, 1.54) is 0 Å². The van der Waals surface area contributed by atoms with Crippen molar-refractivity contribution in [1.82, 2.24) is 0 Å². The molecule has 0 bridgehead atoms. The number of carbonyl (C=O) groups is 1. The van der Waals surface area contributed by atoms with Crippen molar-refractivity contribution in [2.45, 2.75) is 27.7 Å². The number of benzene rings is 1. The van der Waals surface area contributed by atoms with Crippen LogP contribution in [-0.4, -0.2) is 27.4 Å². The van der Waals surface area contributed by atoms with Crippen LogP contribution in [0.3, 0.4) is 0 Å². The van der Waals surface area contributed by atoms with Crippen LogP contribution in [0.5, 0.6) is 0 Å². The molecule has 0 aromatic heterocycles. The first-order valence-corrected chi connectivity index (χ1v) is 8.84. The van der Waals surface area contributed by atoms with Crippen LogP contribution < -0.4 is 0 Å². The summed E-state index contributed by atoms with van der Waals surface area (Å²) in [7, 11) is -2.38. The topological polar surface area (TPSA) is 34.1 Å². The molecular formula is C17H22O2S. The first kappa shape index (κ1) is 16.5. The van der Waals surface area contributed by atoms with Crippen molar-refractivity contribution in [3.63, 3.8) is 0 Å². The molecule has 0 atom stereocenters. The Balaban J connectivity index is 3.34. The predicted molar refractivity (Wildman–Crippen MR) is 87.5 cm³/mol. The normalized spacial score (nSPS) is 11.5. The summed E-state index contributed by atoms with van der Waals surface area (Å²) in [6, 6.07) is 7.73. The first-order valence-electron chi connectivity index (χ1n) is 6.46. The van der Waals surface area contributed by atoms with Gasteiger partial charge in [0.25, 0.3) is 0 Å². The van der Waals surface area contributed by atoms with Crippen LogP contribution in [0.15, 0.2) is 24.3 Å². The minimum Gasteiger partial charge on any atom is -0.292 e. The Morgan fingerprint density at radius 2 is 1.80 bits per heavy atom. The maximum atomic E-state index is 12.4. The third kappa shape index (κ3) is 4.54. The van der Waals surface area contributed by atoms with E-state index in [0.717, 1.165) is 11.1 Å². The zero-order valence-corrected chi connectivity index (χ0v) is 13.9. The highest BCUT2D eigenvalue weighted by Gasteiger charge is 2.26. The Morgan fingerprint density at radius 1 is 1.20 bits per heavy atom. The number of ketones is 1. The van der Waals surface area contributed by atoms with Crippen molar-refractivity contribution in [3.05, 3.63) is 35.4 Å². The van der Waals surface area contributed by atoms with Gasteiger partial charge in [0.15, 0.2) is 5.78 Å². The highest BCUT2D eigenvalue weighted by atomic mass is 32.2. The average molecular weight is 290 g/mol. The molecule has 108 valence electrons. The van der Waals surface area contributed by atoms with Crippen molar-refractivity contribution >= 4 is 20.2 Å². The van der Waals surface area contributed by atoms with Crippen LogP contribution in [0.25, 0.3) is 0 Å². The summed E-state index contributed by atoms with van der Waals surface area (Å²) in [5.74, 6) is 5.66. The molecule has 0 N–H and O–H groups in total. The van der Waals surface area contributed by atoms with Gasteiger partial charge in [-0.05, 0) is 40.1 Å². The molecule has 0 aliphatic rings. The third-order valence-electron chi connectivity index (χ3n) is 2.72. The maximum Gasteiger partial charge on any atom is 0.184 e. The van der Waals surface area contributed by atoms with Gasteiger partial charge in [0.05, 0.1) is 0 Å². The van der Waals surface area contributed by atoms with Crippen molar-refractivity contribution in [3.8, 4) is 11.8 Å². The second kappa shape index (κ2) is 5.85. The fourth-order valence-electron chi connectivity index (χ4n) is 1.60. The molecule has 20 heavy (non-hydrogen) atoms. The molecule has 0 fully saturated rings. The van der Waals surface area contributed by atoms with Crippen LogP contribution in [0.2, 0.25) is 0 Å². The summed E-state index contributed by atoms with van der Waals surface area (Å²) in [6.45, 7) is 7.43. The number of hydrogen-bond acceptors (Lipinski definition) is 2. The van der Waals surface area contributed by atoms with E-state index in [-0.39, 0.29) is 10.6 Å². The fraction of sp³-hybridized carbons (Fsp3) is 0.412. The highest BCUT2D eigenvalue weighted by molar-refractivity contribution is 8.02. The lowest BCUT2D eigenvalue weighted by atomic mass is 9.89. The Hall–Kier alpha value is -1.53. The largest absolute Gasteiger partial charge is 0.292 e. The summed E-state index contributed by atoms with van der Waals surface area (Å²) < 4.78 is 12.3. The fourth-order valence-corrected chi connectivity index (χ4v) is 2.64. The van der Waals surface area contributed by atoms with Gasteiger partial charge in [-0.1, -0.05) is 38.8 Å². The maximum absolute atomic E-state index is 12.4. The number of carbonyl (C=O) groups excluding carboxylic acids is 1. The molecule has 0 aliphatic heterocycles. The molecule has 3 heteroatoms. The first-order chi connectivity index (χ1) is 9.01. The molecule has 0 unspecified atom stereocenters. The Morgan fingerprint density at radius 3 is 2.25 bits per heavy atom. The molecule has 2 nitrogen and oxygen atoms in total. The molecule has 0 saturated carbocycles. The molecule has 0 aliphatic carbocycles. The van der Waals surface area contributed by atoms with Crippen molar-refractivity contribution in [2.75, 3.05) is 12.5 Å². The summed E-state index contributed by atoms with van der Waals surface area (Å²) in [5, 5.41) is 0. The molecule has 0 spiro atoms. The van der Waals surface area contributed by atoms with E-state index < -0.39 is 14.9 Å². The number of aryl methyl sites for hydroxylation is 1. The Labute approximate surface area is 122 Å². The summed E-state index contributed by atoms with van der Waals surface area (Å²) >= 11 is 0. The molecule has 0 amide bonds. The van der Waals surface area contributed by atoms with Crippen LogP contribution in [0.1, 0.15) is 31.9 Å². The standard InChI is InChI=1S/C17H22O2S/c1-13-8-7-9-14(12-13)10-11-15(20(5,6)19)16(18)17(2,3)4/h7-9,12H,1-6H3. The van der Waals surface area contributed by atoms with Crippen molar-refractivity contribution in [2.24, 2.45) is 5.41 Å². The molecule has 0 heterocycles. The second-order valence-corrected chi connectivity index (χ2v) is 9.14. The van der Waals surface area contributed by atoms with E-state index in [1.807, 2.05) is 52.0 Å². The smallest absolute Gasteiger partial charge is 0.184 e. The van der Waals surface area contributed by atoms with E-state index >= 15 is 0 Å². The monoisotopic (exact) mass is 290 g/mol. The minimum atomic E-state index is -2.38. The lowest BCUT2D eigenvalue weighted by Crippen LogP contribution is -2.31. The summed E-state index contributed by atoms with van der Waals surface area (Å²) in [4.78, 5) is 12.6. The van der Waals surface area contributed by atoms with Gasteiger partial charge < -0.3 is 0 Å². The second-order valence-electron chi connectivity index (χ2n) is 6.26. The van der Waals surface area contributed by atoms with Gasteiger partial charge in [0.2, 0.25) is 0 Å². The molecule has 1 aromatic rings. The quantitative estimate of drug-likeness (QED) is 0.588. The predicted octanol–water partition coefficient (Wildman–Crippen LogP) is 2.68. The van der Waals surface area contributed by atoms with E-state index in [2.05, 4.69) is 11.8 Å². The lowest BCUT2D eigenvalue weighted by Gasteiger charge is -2.17. The van der Waals surface area contributed by atoms with Gasteiger partial charge in [0.1, 0.15) is 4.86 Å². The lowest BCUT2D eigenvalue weighted by molar-refractivity contribution is -0.119. The zero-order valence-electron chi connectivity index (χ0n) is 13.0. The van der Waals surface area contributed by atoms with Gasteiger partial charge in [-0.2, -0.15) is 0 Å². The number of Topliss-reactive ketones (excluding diaryl/α,β-unsaturated/α-hetero) is 1. The van der Waals surface area contributed by atoms with E-state index in [0.29, 0.717) is 0 Å². The number of rotatable bonds is 1. The minimum absolute atomic E-state index is 0.146. The van der Waals surface area contributed by atoms with Gasteiger partial charge >= 0.3 is 0 Å². The van der Waals surface area contributed by atoms with Crippen LogP contribution in [0, 0.1) is 24.2 Å². The van der Waals surface area contributed by atoms with E-state index in [4.69, 9.17) is 0 Å². The van der Waals surface area contributed by atoms with Gasteiger partial charge in [-0.15, -0.1) is 0 Å². The van der Waals surface area contributed by atoms with Crippen LogP contribution in [-0.2, 0) is 14.3 Å². The van der Waals surface area contributed by atoms with Crippen molar-refractivity contribution in [1.29, 1.82) is 0 Å². The molecule has 0 radical (unpaired) electrons. The summed E-state index contributed by atoms with van der Waals surface area (Å²) in [5.41, 5.74) is 1.35. The Bertz CT molecular complexity index is 692. The molecule has 1 rings (SSSR count). The third-order valence-corrected chi connectivity index (χ3v) is 3.99. The van der Waals surface area contributed by atoms with Gasteiger partial charge in [0, 0.05) is 23.5 Å². The highest BCUT2D eigenvalue weighted by Crippen LogP contribution is 2.16. The van der Waals surface area contributed by atoms with Gasteiger partial charge in [-0.25, -0.2) is 0 Å². The SMILES string of the molecule is Cc1cccc(C#CC(C(=O)C(C)(C)C)=S(C)(C)=O)c1. The molecular weight excluding hydrogens is 268 g/mol. The molecule has 1 aromatic carbocycles. The number of hydrogen-bond donors (Lipinski definition) is 0. The van der Waals surface area contributed by atoms with Gasteiger partial charge in [-0.3, -0.25) is 9.00 Å². The zero-order chi connectivity index (χ0) is 15.6. The van der Waals surface area contributed by atoms with Crippen molar-refractivity contribution < 1.29 is 9.00 Å². The van der Waals surface area contributed by atoms with Crippen LogP contribution in [0.4, 0.5) is 0 Å². The van der Waals surface area contributed by atoms with E-state index in [9.17, 15) is 9.00 Å². The van der Waals surface area contributed by atoms with E-state index in [1.54, 1.807) is 12.5 Å². The average Bonchev–Trinajstić information content (AvgIpc) is 2.26. The molecule has 0 saturated heterocycles. The summed E-state index contributed by atoms with van der Waals surface area (Å²) in [6.07, 6.45) is 3.13.